The zero-order valence-corrected chi connectivity index (χ0v) is 14.9. The monoisotopic (exact) mass is 333 g/mol. The molecule has 2 rings (SSSR count). The van der Waals surface area contributed by atoms with E-state index in [2.05, 4.69) is 20.8 Å². The Bertz CT molecular complexity index is 265. The normalized spacial score (nSPS) is 35.2. The summed E-state index contributed by atoms with van der Waals surface area (Å²) < 4.78 is 2.85. The predicted octanol–water partition coefficient (Wildman–Crippen LogP) is -0.112. The van der Waals surface area contributed by atoms with Crippen molar-refractivity contribution in [2.75, 3.05) is 52.4 Å². The molecule has 2 nitrogen and oxygen atoms in total. The van der Waals surface area contributed by atoms with Crippen LogP contribution in [0.15, 0.2) is 0 Å². The maximum absolute atomic E-state index is 2.46. The molecule has 0 aliphatic carbocycles. The Balaban J connectivity index is 0.00000180. The van der Waals surface area contributed by atoms with Gasteiger partial charge in [0.25, 0.3) is 0 Å². The van der Waals surface area contributed by atoms with Gasteiger partial charge in [-0.15, -0.1) is 0 Å². The zero-order chi connectivity index (χ0) is 13.1. The average molecular weight is 334 g/mol. The molecule has 2 saturated heterocycles. The van der Waals surface area contributed by atoms with Crippen LogP contribution in [0.1, 0.15) is 46.5 Å². The molecule has 0 radical (unpaired) electrons. The van der Waals surface area contributed by atoms with Crippen LogP contribution < -0.4 is 17.0 Å². The van der Waals surface area contributed by atoms with Crippen LogP contribution in [-0.4, -0.2) is 61.3 Å². The van der Waals surface area contributed by atoms with E-state index in [1.54, 1.807) is 0 Å². The molecule has 0 aromatic carbocycles. The van der Waals surface area contributed by atoms with Crippen LogP contribution in [0.2, 0.25) is 0 Å². The van der Waals surface area contributed by atoms with E-state index in [0.29, 0.717) is 0 Å². The summed E-state index contributed by atoms with van der Waals surface area (Å²) in [7, 11) is 0. The summed E-state index contributed by atoms with van der Waals surface area (Å²) in [6.07, 6.45) is 5.87. The first-order valence-electron chi connectivity index (χ1n) is 8.34. The lowest BCUT2D eigenvalue weighted by Gasteiger charge is -2.38. The van der Waals surface area contributed by atoms with Gasteiger partial charge in [0.15, 0.2) is 0 Å². The molecule has 0 saturated carbocycles. The van der Waals surface area contributed by atoms with E-state index in [1.165, 1.54) is 87.0 Å². The minimum absolute atomic E-state index is 0. The van der Waals surface area contributed by atoms with Crippen LogP contribution in [0, 0.1) is 5.92 Å². The summed E-state index contributed by atoms with van der Waals surface area (Å²) in [6, 6.07) is 0. The van der Waals surface area contributed by atoms with Crippen molar-refractivity contribution in [2.45, 2.75) is 46.5 Å². The van der Waals surface area contributed by atoms with E-state index in [9.17, 15) is 0 Å². The molecule has 114 valence electrons. The fourth-order valence-corrected chi connectivity index (χ4v) is 4.22. The van der Waals surface area contributed by atoms with E-state index in [4.69, 9.17) is 0 Å². The molecular formula is C16H34BrN2+. The molecule has 0 aromatic heterocycles. The van der Waals surface area contributed by atoms with Gasteiger partial charge in [0.05, 0.1) is 39.3 Å². The average Bonchev–Trinajstić information content (AvgIpc) is 2.68. The number of likely N-dealkylation sites (N-methyl/N-ethyl adjacent to an activating group) is 1. The Morgan fingerprint density at radius 3 is 2.16 bits per heavy atom. The van der Waals surface area contributed by atoms with Crippen molar-refractivity contribution in [3.05, 3.63) is 0 Å². The van der Waals surface area contributed by atoms with Gasteiger partial charge < -0.3 is 25.9 Å². The van der Waals surface area contributed by atoms with Crippen LogP contribution in [-0.2, 0) is 0 Å². The van der Waals surface area contributed by atoms with Crippen molar-refractivity contribution in [2.24, 2.45) is 5.92 Å². The van der Waals surface area contributed by atoms with Gasteiger partial charge in [-0.1, -0.05) is 6.92 Å². The molecular weight excluding hydrogens is 300 g/mol. The van der Waals surface area contributed by atoms with Crippen molar-refractivity contribution in [1.29, 1.82) is 0 Å². The number of halogens is 1. The lowest BCUT2D eigenvalue weighted by molar-refractivity contribution is -0.962. The Kier molecular flexibility index (Phi) is 6.82. The Morgan fingerprint density at radius 1 is 0.789 bits per heavy atom. The number of rotatable bonds is 2. The van der Waals surface area contributed by atoms with Crippen LogP contribution in [0.3, 0.4) is 0 Å². The minimum atomic E-state index is 0. The standard InChI is InChI=1S/C16H34N2.BrH/c1-4-17(5-2)11-7-12-18(15-14-17)10-6-8-16(3)9-13-18;/h16H,4-15H2,1-3H3;1H/q+2;/p-1. The van der Waals surface area contributed by atoms with E-state index in [0.717, 1.165) is 5.92 Å². The number of quaternary nitrogens is 2. The molecule has 0 amide bonds. The van der Waals surface area contributed by atoms with Crippen molar-refractivity contribution in [1.82, 2.24) is 0 Å². The molecule has 1 spiro atoms. The highest BCUT2D eigenvalue weighted by Gasteiger charge is 2.37. The van der Waals surface area contributed by atoms with Crippen LogP contribution in [0.5, 0.6) is 0 Å². The number of hydrogen-bond donors (Lipinski definition) is 0. The van der Waals surface area contributed by atoms with Gasteiger partial charge in [0.1, 0.15) is 13.1 Å². The molecule has 2 unspecified atom stereocenters. The van der Waals surface area contributed by atoms with Gasteiger partial charge in [-0.3, -0.25) is 0 Å². The van der Waals surface area contributed by atoms with Gasteiger partial charge in [-0.25, -0.2) is 0 Å². The molecule has 0 aromatic rings. The zero-order valence-electron chi connectivity index (χ0n) is 13.3. The third-order valence-corrected chi connectivity index (χ3v) is 6.08. The highest BCUT2D eigenvalue weighted by Crippen LogP contribution is 2.26. The van der Waals surface area contributed by atoms with Crippen molar-refractivity contribution >= 4 is 0 Å². The van der Waals surface area contributed by atoms with E-state index in [1.807, 2.05) is 0 Å². The van der Waals surface area contributed by atoms with Crippen molar-refractivity contribution < 1.29 is 25.9 Å². The first kappa shape index (κ1) is 17.5. The molecule has 2 fully saturated rings. The molecule has 0 bridgehead atoms. The smallest absolute Gasteiger partial charge is 0.129 e. The summed E-state index contributed by atoms with van der Waals surface area (Å²) in [5, 5.41) is 0. The van der Waals surface area contributed by atoms with Crippen LogP contribution >= 0.6 is 0 Å². The quantitative estimate of drug-likeness (QED) is 0.618. The summed E-state index contributed by atoms with van der Waals surface area (Å²) in [6.45, 7) is 18.6. The highest BCUT2D eigenvalue weighted by molar-refractivity contribution is 4.62. The fourth-order valence-electron chi connectivity index (χ4n) is 4.22. The highest BCUT2D eigenvalue weighted by atomic mass is 79.9. The van der Waals surface area contributed by atoms with Crippen molar-refractivity contribution in [3.8, 4) is 0 Å². The summed E-state index contributed by atoms with van der Waals surface area (Å²) in [5.41, 5.74) is 0. The Labute approximate surface area is 131 Å². The predicted molar refractivity (Wildman–Crippen MR) is 78.4 cm³/mol. The largest absolute Gasteiger partial charge is 1.00 e. The van der Waals surface area contributed by atoms with E-state index in [-0.39, 0.29) is 17.0 Å². The Morgan fingerprint density at radius 2 is 1.47 bits per heavy atom. The third-order valence-electron chi connectivity index (χ3n) is 6.08. The molecule has 2 aliphatic rings. The van der Waals surface area contributed by atoms with E-state index >= 15 is 0 Å². The topological polar surface area (TPSA) is 0 Å². The Hall–Kier alpha value is 0.400. The second-order valence-electron chi connectivity index (χ2n) is 7.05. The van der Waals surface area contributed by atoms with Gasteiger partial charge >= 0.3 is 0 Å². The molecule has 3 heteroatoms. The fraction of sp³-hybridized carbons (Fsp3) is 1.00. The molecule has 19 heavy (non-hydrogen) atoms. The maximum atomic E-state index is 2.46. The van der Waals surface area contributed by atoms with Crippen molar-refractivity contribution in [3.63, 3.8) is 0 Å². The first-order valence-corrected chi connectivity index (χ1v) is 8.34. The molecule has 2 aliphatic heterocycles. The van der Waals surface area contributed by atoms with Gasteiger partial charge in [-0.2, -0.15) is 0 Å². The van der Waals surface area contributed by atoms with Crippen LogP contribution in [0.4, 0.5) is 0 Å². The SMILES string of the molecule is CC[N+]1(CC)CCC[N+]2(CCCC(C)CC2)CC1.[Br-]. The summed E-state index contributed by atoms with van der Waals surface area (Å²) in [4.78, 5) is 0. The summed E-state index contributed by atoms with van der Waals surface area (Å²) in [5.74, 6) is 0.974. The van der Waals surface area contributed by atoms with Gasteiger partial charge in [-0.05, 0) is 39.0 Å². The lowest BCUT2D eigenvalue weighted by atomic mass is 10.0. The lowest BCUT2D eigenvalue weighted by Crippen LogP contribution is -3.00. The molecule has 2 heterocycles. The van der Waals surface area contributed by atoms with Gasteiger partial charge in [0.2, 0.25) is 0 Å². The first-order chi connectivity index (χ1) is 8.64. The second-order valence-corrected chi connectivity index (χ2v) is 7.05. The third kappa shape index (κ3) is 4.18. The maximum Gasteiger partial charge on any atom is 0.129 e. The molecule has 0 N–H and O–H groups in total. The van der Waals surface area contributed by atoms with Crippen LogP contribution in [0.25, 0.3) is 0 Å². The van der Waals surface area contributed by atoms with E-state index < -0.39 is 0 Å². The minimum Gasteiger partial charge on any atom is -1.00 e. The summed E-state index contributed by atoms with van der Waals surface area (Å²) >= 11 is 0. The second kappa shape index (κ2) is 7.42. The van der Waals surface area contributed by atoms with Gasteiger partial charge in [0, 0.05) is 6.42 Å². The number of nitrogens with zero attached hydrogens (tertiary/aromatic N) is 2. The number of hydrogen-bond acceptors (Lipinski definition) is 0. The molecule has 2 atom stereocenters.